The number of ether oxygens (including phenoxy) is 1. The number of esters is 1. The van der Waals surface area contributed by atoms with Crippen LogP contribution in [0.3, 0.4) is 0 Å². The van der Waals surface area contributed by atoms with Gasteiger partial charge in [0.25, 0.3) is 0 Å². The van der Waals surface area contributed by atoms with Gasteiger partial charge in [-0.15, -0.1) is 0 Å². The number of carbonyl (C=O) groups is 1. The molecule has 0 saturated carbocycles. The minimum atomic E-state index is -5.27. The number of halogens is 7. The third kappa shape index (κ3) is 4.33. The van der Waals surface area contributed by atoms with E-state index in [0.717, 1.165) is 0 Å². The predicted octanol–water partition coefficient (Wildman–Crippen LogP) is 3.97. The molecule has 0 aliphatic rings. The van der Waals surface area contributed by atoms with Gasteiger partial charge in [0.1, 0.15) is 5.82 Å². The number of benzene rings is 1. The van der Waals surface area contributed by atoms with Crippen LogP contribution in [0.5, 0.6) is 0 Å². The van der Waals surface area contributed by atoms with Crippen molar-refractivity contribution in [2.75, 3.05) is 6.61 Å². The van der Waals surface area contributed by atoms with Crippen LogP contribution in [0.15, 0.2) is 12.1 Å². The molecule has 0 amide bonds. The van der Waals surface area contributed by atoms with E-state index in [-0.39, 0.29) is 18.7 Å². The minimum absolute atomic E-state index is 0.0581. The lowest BCUT2D eigenvalue weighted by Crippen LogP contribution is -2.18. The van der Waals surface area contributed by atoms with E-state index in [2.05, 4.69) is 4.74 Å². The Morgan fingerprint density at radius 1 is 1.05 bits per heavy atom. The highest BCUT2D eigenvalue weighted by Crippen LogP contribution is 2.39. The van der Waals surface area contributed by atoms with Crippen LogP contribution in [-0.2, 0) is 28.3 Å². The van der Waals surface area contributed by atoms with Gasteiger partial charge < -0.3 is 4.74 Å². The maximum atomic E-state index is 13.3. The number of hydrogen-bond acceptors (Lipinski definition) is 2. The average molecular weight is 318 g/mol. The van der Waals surface area contributed by atoms with Crippen molar-refractivity contribution in [2.24, 2.45) is 0 Å². The van der Waals surface area contributed by atoms with Crippen LogP contribution in [0, 0.1) is 5.82 Å². The molecular weight excluding hydrogens is 309 g/mol. The maximum absolute atomic E-state index is 13.3. The Kier molecular flexibility index (Phi) is 4.85. The Bertz CT molecular complexity index is 532. The Balaban J connectivity index is 3.37. The monoisotopic (exact) mass is 318 g/mol. The van der Waals surface area contributed by atoms with Crippen LogP contribution in [0.4, 0.5) is 30.7 Å². The van der Waals surface area contributed by atoms with E-state index in [1.807, 2.05) is 0 Å². The fraction of sp³-hybridized carbons (Fsp3) is 0.417. The lowest BCUT2D eigenvalue weighted by Gasteiger charge is -2.16. The molecule has 0 radical (unpaired) electrons. The molecule has 0 atom stereocenters. The SMILES string of the molecule is CCOC(=O)Cc1cc(F)c(C(F)(F)F)cc1C(F)(F)F. The third-order valence-electron chi connectivity index (χ3n) is 2.44. The molecule has 9 heteroatoms. The summed E-state index contributed by atoms with van der Waals surface area (Å²) in [5, 5.41) is 0. The van der Waals surface area contributed by atoms with Crippen molar-refractivity contribution in [1.82, 2.24) is 0 Å². The molecule has 0 N–H and O–H groups in total. The van der Waals surface area contributed by atoms with Crippen molar-refractivity contribution < 1.29 is 40.3 Å². The summed E-state index contributed by atoms with van der Waals surface area (Å²) in [5.74, 6) is -2.98. The van der Waals surface area contributed by atoms with Gasteiger partial charge in [-0.05, 0) is 24.6 Å². The van der Waals surface area contributed by atoms with E-state index in [9.17, 15) is 35.5 Å². The van der Waals surface area contributed by atoms with Gasteiger partial charge in [-0.2, -0.15) is 26.3 Å². The van der Waals surface area contributed by atoms with E-state index in [1.165, 1.54) is 6.92 Å². The quantitative estimate of drug-likeness (QED) is 0.623. The van der Waals surface area contributed by atoms with Crippen LogP contribution in [0.25, 0.3) is 0 Å². The molecule has 0 fully saturated rings. The van der Waals surface area contributed by atoms with Gasteiger partial charge in [-0.3, -0.25) is 4.79 Å². The summed E-state index contributed by atoms with van der Waals surface area (Å²) < 4.78 is 93.2. The summed E-state index contributed by atoms with van der Waals surface area (Å²) in [6.07, 6.45) is -11.4. The first-order chi connectivity index (χ1) is 9.46. The second-order valence-electron chi connectivity index (χ2n) is 3.97. The normalized spacial score (nSPS) is 12.4. The molecule has 0 saturated heterocycles. The molecule has 0 aliphatic heterocycles. The standard InChI is InChI=1S/C12H9F7O2/c1-2-21-10(20)4-6-3-9(13)8(12(17,18)19)5-7(6)11(14,15)16/h3,5H,2,4H2,1H3. The van der Waals surface area contributed by atoms with Gasteiger partial charge in [0.15, 0.2) is 0 Å². The molecule has 1 aromatic rings. The van der Waals surface area contributed by atoms with Crippen molar-refractivity contribution in [3.05, 3.63) is 34.6 Å². The second kappa shape index (κ2) is 5.90. The van der Waals surface area contributed by atoms with E-state index in [0.29, 0.717) is 0 Å². The molecule has 1 aromatic carbocycles. The van der Waals surface area contributed by atoms with Gasteiger partial charge in [-0.1, -0.05) is 0 Å². The highest BCUT2D eigenvalue weighted by atomic mass is 19.4. The van der Waals surface area contributed by atoms with Crippen LogP contribution in [-0.4, -0.2) is 12.6 Å². The Labute approximate surface area is 114 Å². The molecule has 0 aromatic heterocycles. The average Bonchev–Trinajstić information content (AvgIpc) is 2.25. The molecule has 2 nitrogen and oxygen atoms in total. The molecule has 0 heterocycles. The first-order valence-electron chi connectivity index (χ1n) is 5.59. The lowest BCUT2D eigenvalue weighted by atomic mass is 10.00. The van der Waals surface area contributed by atoms with Gasteiger partial charge in [0, 0.05) is 0 Å². The molecule has 1 rings (SSSR count). The highest BCUT2D eigenvalue weighted by molar-refractivity contribution is 5.73. The lowest BCUT2D eigenvalue weighted by molar-refractivity contribution is -0.145. The first-order valence-corrected chi connectivity index (χ1v) is 5.59. The number of hydrogen-bond donors (Lipinski definition) is 0. The number of alkyl halides is 6. The molecule has 21 heavy (non-hydrogen) atoms. The Hall–Kier alpha value is -1.80. The first kappa shape index (κ1) is 17.3. The zero-order valence-electron chi connectivity index (χ0n) is 10.5. The molecular formula is C12H9F7O2. The summed E-state index contributed by atoms with van der Waals surface area (Å²) in [4.78, 5) is 11.2. The summed E-state index contributed by atoms with van der Waals surface area (Å²) in [6, 6.07) is -0.285. The summed E-state index contributed by atoms with van der Waals surface area (Å²) in [6.45, 7) is 1.28. The predicted molar refractivity (Wildman–Crippen MR) is 56.7 cm³/mol. The maximum Gasteiger partial charge on any atom is 0.419 e. The largest absolute Gasteiger partial charge is 0.466 e. The van der Waals surface area contributed by atoms with Crippen molar-refractivity contribution >= 4 is 5.97 Å². The highest BCUT2D eigenvalue weighted by Gasteiger charge is 2.40. The van der Waals surface area contributed by atoms with Crippen molar-refractivity contribution in [1.29, 1.82) is 0 Å². The van der Waals surface area contributed by atoms with Gasteiger partial charge in [0.2, 0.25) is 0 Å². The third-order valence-corrected chi connectivity index (χ3v) is 2.44. The van der Waals surface area contributed by atoms with Crippen LogP contribution >= 0.6 is 0 Å². The number of carbonyl (C=O) groups excluding carboxylic acids is 1. The Morgan fingerprint density at radius 2 is 1.57 bits per heavy atom. The van der Waals surface area contributed by atoms with Crippen molar-refractivity contribution in [3.63, 3.8) is 0 Å². The van der Waals surface area contributed by atoms with Crippen molar-refractivity contribution in [2.45, 2.75) is 25.7 Å². The summed E-state index contributed by atoms with van der Waals surface area (Å²) in [7, 11) is 0. The van der Waals surface area contributed by atoms with E-state index >= 15 is 0 Å². The molecule has 0 unspecified atom stereocenters. The second-order valence-corrected chi connectivity index (χ2v) is 3.97. The summed E-state index contributed by atoms with van der Waals surface area (Å²) >= 11 is 0. The summed E-state index contributed by atoms with van der Waals surface area (Å²) in [5.41, 5.74) is -4.67. The smallest absolute Gasteiger partial charge is 0.419 e. The molecule has 118 valence electrons. The van der Waals surface area contributed by atoms with E-state index < -0.39 is 47.3 Å². The van der Waals surface area contributed by atoms with Gasteiger partial charge in [0.05, 0.1) is 24.2 Å². The molecule has 0 bridgehead atoms. The zero-order chi connectivity index (χ0) is 16.4. The topological polar surface area (TPSA) is 26.3 Å². The van der Waals surface area contributed by atoms with E-state index in [4.69, 9.17) is 0 Å². The molecule has 0 aliphatic carbocycles. The number of rotatable bonds is 3. The van der Waals surface area contributed by atoms with Crippen LogP contribution in [0.1, 0.15) is 23.6 Å². The fourth-order valence-electron chi connectivity index (χ4n) is 1.61. The van der Waals surface area contributed by atoms with E-state index in [1.54, 1.807) is 0 Å². The van der Waals surface area contributed by atoms with Crippen LogP contribution < -0.4 is 0 Å². The zero-order valence-corrected chi connectivity index (χ0v) is 10.5. The van der Waals surface area contributed by atoms with Crippen LogP contribution in [0.2, 0.25) is 0 Å². The van der Waals surface area contributed by atoms with Gasteiger partial charge in [-0.25, -0.2) is 4.39 Å². The Morgan fingerprint density at radius 3 is 2.00 bits per heavy atom. The fourth-order valence-corrected chi connectivity index (χ4v) is 1.61. The minimum Gasteiger partial charge on any atom is -0.466 e. The molecule has 0 spiro atoms. The van der Waals surface area contributed by atoms with Gasteiger partial charge >= 0.3 is 18.3 Å². The van der Waals surface area contributed by atoms with Crippen molar-refractivity contribution in [3.8, 4) is 0 Å².